The third-order valence-corrected chi connectivity index (χ3v) is 5.33. The minimum Gasteiger partial charge on any atom is -0.354 e. The van der Waals surface area contributed by atoms with Crippen molar-refractivity contribution in [3.63, 3.8) is 0 Å². The monoisotopic (exact) mass is 350 g/mol. The highest BCUT2D eigenvalue weighted by Crippen LogP contribution is 2.17. The largest absolute Gasteiger partial charge is 0.354 e. The fourth-order valence-electron chi connectivity index (χ4n) is 3.78. The third-order valence-electron chi connectivity index (χ3n) is 5.33. The third kappa shape index (κ3) is 3.88. The molecular formula is C21H26N4O. The van der Waals surface area contributed by atoms with E-state index in [9.17, 15) is 4.79 Å². The van der Waals surface area contributed by atoms with Gasteiger partial charge in [-0.3, -0.25) is 9.69 Å². The summed E-state index contributed by atoms with van der Waals surface area (Å²) in [6.45, 7) is 6.77. The molecule has 26 heavy (non-hydrogen) atoms. The second kappa shape index (κ2) is 7.87. The van der Waals surface area contributed by atoms with E-state index in [2.05, 4.69) is 45.1 Å². The predicted molar refractivity (Wildman–Crippen MR) is 103 cm³/mol. The van der Waals surface area contributed by atoms with E-state index in [0.717, 1.165) is 64.5 Å². The minimum atomic E-state index is 0.120. The van der Waals surface area contributed by atoms with Gasteiger partial charge in [0.2, 0.25) is 0 Å². The molecule has 2 fully saturated rings. The molecule has 0 radical (unpaired) electrons. The number of piperazine rings is 1. The van der Waals surface area contributed by atoms with Crippen molar-refractivity contribution >= 4 is 11.7 Å². The van der Waals surface area contributed by atoms with Crippen molar-refractivity contribution in [2.45, 2.75) is 19.4 Å². The number of carbonyl (C=O) groups is 1. The molecule has 2 aromatic rings. The maximum absolute atomic E-state index is 12.4. The number of carbonyl (C=O) groups excluding carboxylic acids is 1. The number of rotatable bonds is 4. The molecule has 5 heteroatoms. The summed E-state index contributed by atoms with van der Waals surface area (Å²) in [4.78, 5) is 23.7. The SMILES string of the molecule is O=C(c1ccc(N2CCN(Cc3ccccc3)CC2)nc1)N1CCCC1. The Morgan fingerprint density at radius 3 is 2.27 bits per heavy atom. The summed E-state index contributed by atoms with van der Waals surface area (Å²) in [7, 11) is 0. The van der Waals surface area contributed by atoms with Crippen LogP contribution in [0.2, 0.25) is 0 Å². The summed E-state index contributed by atoms with van der Waals surface area (Å²) < 4.78 is 0. The van der Waals surface area contributed by atoms with Crippen LogP contribution in [0.3, 0.4) is 0 Å². The van der Waals surface area contributed by atoms with E-state index < -0.39 is 0 Å². The summed E-state index contributed by atoms with van der Waals surface area (Å²) in [6.07, 6.45) is 3.97. The summed E-state index contributed by atoms with van der Waals surface area (Å²) >= 11 is 0. The summed E-state index contributed by atoms with van der Waals surface area (Å²) in [5.74, 6) is 1.09. The molecule has 0 bridgehead atoms. The topological polar surface area (TPSA) is 39.7 Å². The van der Waals surface area contributed by atoms with E-state index in [1.807, 2.05) is 17.0 Å². The molecule has 0 atom stereocenters. The summed E-state index contributed by atoms with van der Waals surface area (Å²) in [5, 5.41) is 0. The number of pyridine rings is 1. The lowest BCUT2D eigenvalue weighted by Gasteiger charge is -2.35. The molecule has 2 aliphatic heterocycles. The van der Waals surface area contributed by atoms with Gasteiger partial charge >= 0.3 is 0 Å². The molecule has 0 saturated carbocycles. The van der Waals surface area contributed by atoms with Crippen LogP contribution in [-0.4, -0.2) is 60.0 Å². The molecule has 5 nitrogen and oxygen atoms in total. The lowest BCUT2D eigenvalue weighted by molar-refractivity contribution is 0.0792. The Morgan fingerprint density at radius 2 is 1.62 bits per heavy atom. The molecule has 136 valence electrons. The number of likely N-dealkylation sites (tertiary alicyclic amines) is 1. The highest BCUT2D eigenvalue weighted by Gasteiger charge is 2.21. The van der Waals surface area contributed by atoms with Gasteiger partial charge in [0.05, 0.1) is 5.56 Å². The molecule has 3 heterocycles. The Kier molecular flexibility index (Phi) is 5.16. The normalized spacial score (nSPS) is 18.3. The average Bonchev–Trinajstić information content (AvgIpc) is 3.24. The molecule has 0 aliphatic carbocycles. The first kappa shape index (κ1) is 17.0. The van der Waals surface area contributed by atoms with E-state index in [-0.39, 0.29) is 5.91 Å². The van der Waals surface area contributed by atoms with Crippen LogP contribution in [0.4, 0.5) is 5.82 Å². The fraction of sp³-hybridized carbons (Fsp3) is 0.429. The molecule has 0 N–H and O–H groups in total. The average molecular weight is 350 g/mol. The number of anilines is 1. The molecule has 0 spiro atoms. The van der Waals surface area contributed by atoms with E-state index in [1.165, 1.54) is 5.56 Å². The van der Waals surface area contributed by atoms with Crippen LogP contribution in [0.1, 0.15) is 28.8 Å². The van der Waals surface area contributed by atoms with Gasteiger partial charge in [-0.15, -0.1) is 0 Å². The number of hydrogen-bond donors (Lipinski definition) is 0. The van der Waals surface area contributed by atoms with E-state index in [0.29, 0.717) is 5.56 Å². The van der Waals surface area contributed by atoms with E-state index >= 15 is 0 Å². The van der Waals surface area contributed by atoms with E-state index in [4.69, 9.17) is 0 Å². The van der Waals surface area contributed by atoms with Crippen molar-refractivity contribution in [2.75, 3.05) is 44.2 Å². The van der Waals surface area contributed by atoms with Crippen molar-refractivity contribution in [3.05, 3.63) is 59.8 Å². The second-order valence-corrected chi connectivity index (χ2v) is 7.15. The Labute approximate surface area is 155 Å². The van der Waals surface area contributed by atoms with Crippen LogP contribution < -0.4 is 4.90 Å². The van der Waals surface area contributed by atoms with Gasteiger partial charge in [0, 0.05) is 52.0 Å². The van der Waals surface area contributed by atoms with Gasteiger partial charge in [0.25, 0.3) is 5.91 Å². The predicted octanol–water partition coefficient (Wildman–Crippen LogP) is 2.64. The van der Waals surface area contributed by atoms with Crippen LogP contribution >= 0.6 is 0 Å². The van der Waals surface area contributed by atoms with Gasteiger partial charge in [-0.1, -0.05) is 30.3 Å². The number of hydrogen-bond acceptors (Lipinski definition) is 4. The molecular weight excluding hydrogens is 324 g/mol. The van der Waals surface area contributed by atoms with Crippen molar-refractivity contribution in [1.29, 1.82) is 0 Å². The van der Waals surface area contributed by atoms with E-state index in [1.54, 1.807) is 6.20 Å². The first-order valence-corrected chi connectivity index (χ1v) is 9.56. The lowest BCUT2D eigenvalue weighted by Crippen LogP contribution is -2.46. The first-order chi connectivity index (χ1) is 12.8. The lowest BCUT2D eigenvalue weighted by atomic mass is 10.2. The smallest absolute Gasteiger partial charge is 0.255 e. The van der Waals surface area contributed by atoms with Crippen LogP contribution in [0.5, 0.6) is 0 Å². The number of benzene rings is 1. The Hall–Kier alpha value is -2.40. The maximum Gasteiger partial charge on any atom is 0.255 e. The van der Waals surface area contributed by atoms with Gasteiger partial charge in [0.15, 0.2) is 0 Å². The Balaban J connectivity index is 1.32. The molecule has 1 aromatic heterocycles. The molecule has 4 rings (SSSR count). The van der Waals surface area contributed by atoms with Crippen molar-refractivity contribution in [2.24, 2.45) is 0 Å². The van der Waals surface area contributed by atoms with Gasteiger partial charge in [-0.25, -0.2) is 4.98 Å². The van der Waals surface area contributed by atoms with Crippen LogP contribution in [0.25, 0.3) is 0 Å². The quantitative estimate of drug-likeness (QED) is 0.850. The molecule has 1 amide bonds. The van der Waals surface area contributed by atoms with Crippen molar-refractivity contribution in [1.82, 2.24) is 14.8 Å². The van der Waals surface area contributed by atoms with Crippen molar-refractivity contribution < 1.29 is 4.79 Å². The molecule has 2 aliphatic rings. The van der Waals surface area contributed by atoms with Crippen molar-refractivity contribution in [3.8, 4) is 0 Å². The number of amides is 1. The molecule has 0 unspecified atom stereocenters. The van der Waals surface area contributed by atoms with Crippen LogP contribution in [-0.2, 0) is 6.54 Å². The second-order valence-electron chi connectivity index (χ2n) is 7.15. The first-order valence-electron chi connectivity index (χ1n) is 9.56. The zero-order chi connectivity index (χ0) is 17.8. The van der Waals surface area contributed by atoms with Gasteiger partial charge in [-0.05, 0) is 30.5 Å². The highest BCUT2D eigenvalue weighted by atomic mass is 16.2. The fourth-order valence-corrected chi connectivity index (χ4v) is 3.78. The van der Waals surface area contributed by atoms with Crippen LogP contribution in [0.15, 0.2) is 48.7 Å². The highest BCUT2D eigenvalue weighted by molar-refractivity contribution is 5.94. The minimum absolute atomic E-state index is 0.120. The number of aromatic nitrogens is 1. The Morgan fingerprint density at radius 1 is 0.885 bits per heavy atom. The number of nitrogens with zero attached hydrogens (tertiary/aromatic N) is 4. The van der Waals surface area contributed by atoms with Gasteiger partial charge < -0.3 is 9.80 Å². The standard InChI is InChI=1S/C21H26N4O/c26-21(25-10-4-5-11-25)19-8-9-20(22-16-19)24-14-12-23(13-15-24)17-18-6-2-1-3-7-18/h1-3,6-9,16H,4-5,10-15,17H2. The zero-order valence-corrected chi connectivity index (χ0v) is 15.2. The summed E-state index contributed by atoms with van der Waals surface area (Å²) in [6, 6.07) is 14.6. The van der Waals surface area contributed by atoms with Gasteiger partial charge in [-0.2, -0.15) is 0 Å². The molecule has 2 saturated heterocycles. The summed E-state index contributed by atoms with van der Waals surface area (Å²) in [5.41, 5.74) is 2.07. The maximum atomic E-state index is 12.4. The zero-order valence-electron chi connectivity index (χ0n) is 15.2. The van der Waals surface area contributed by atoms with Gasteiger partial charge in [0.1, 0.15) is 5.82 Å². The molecule has 1 aromatic carbocycles. The Bertz CT molecular complexity index is 717. The van der Waals surface area contributed by atoms with Crippen LogP contribution in [0, 0.1) is 0 Å².